The van der Waals surface area contributed by atoms with Crippen LogP contribution in [-0.4, -0.2) is 24.2 Å². The molecular weight excluding hydrogens is 264 g/mol. The van der Waals surface area contributed by atoms with Crippen molar-refractivity contribution >= 4 is 11.0 Å². The molecule has 2 aromatic carbocycles. The van der Waals surface area contributed by atoms with Gasteiger partial charge in [0.2, 0.25) is 0 Å². The molecule has 4 nitrogen and oxygen atoms in total. The molecule has 0 unspecified atom stereocenters. The van der Waals surface area contributed by atoms with Gasteiger partial charge in [0.1, 0.15) is 11.5 Å². The number of ether oxygens (including phenoxy) is 2. The second-order valence-corrected chi connectivity index (χ2v) is 4.72. The van der Waals surface area contributed by atoms with Crippen molar-refractivity contribution in [3.8, 4) is 22.6 Å². The quantitative estimate of drug-likeness (QED) is 0.735. The maximum absolute atomic E-state index is 5.49. The minimum Gasteiger partial charge on any atom is -0.496 e. The third kappa shape index (κ3) is 2.18. The molecule has 3 rings (SSSR count). The molecule has 21 heavy (non-hydrogen) atoms. The smallest absolute Gasteiger partial charge is 0.130 e. The molecular formula is C17H16N2O2. The maximum atomic E-state index is 5.49. The van der Waals surface area contributed by atoms with E-state index in [1.807, 2.05) is 37.3 Å². The molecule has 0 aliphatic carbocycles. The Morgan fingerprint density at radius 1 is 0.810 bits per heavy atom. The molecule has 0 N–H and O–H groups in total. The number of aryl methyl sites for hydroxylation is 1. The summed E-state index contributed by atoms with van der Waals surface area (Å²) in [6, 6.07) is 9.81. The summed E-state index contributed by atoms with van der Waals surface area (Å²) in [7, 11) is 3.31. The van der Waals surface area contributed by atoms with Gasteiger partial charge in [0.15, 0.2) is 0 Å². The van der Waals surface area contributed by atoms with Crippen LogP contribution in [0.25, 0.3) is 22.2 Å². The van der Waals surface area contributed by atoms with Crippen molar-refractivity contribution in [1.82, 2.24) is 9.97 Å². The van der Waals surface area contributed by atoms with Gasteiger partial charge in [-0.2, -0.15) is 0 Å². The summed E-state index contributed by atoms with van der Waals surface area (Å²) in [5, 5.41) is 0. The normalized spacial score (nSPS) is 10.6. The highest BCUT2D eigenvalue weighted by atomic mass is 16.5. The molecule has 0 radical (unpaired) electrons. The lowest BCUT2D eigenvalue weighted by Gasteiger charge is -2.15. The number of benzene rings is 2. The van der Waals surface area contributed by atoms with Gasteiger partial charge < -0.3 is 9.47 Å². The summed E-state index contributed by atoms with van der Waals surface area (Å²) in [6.07, 6.45) is 3.41. The Morgan fingerprint density at radius 3 is 2.05 bits per heavy atom. The zero-order chi connectivity index (χ0) is 14.8. The molecule has 0 aliphatic rings. The van der Waals surface area contributed by atoms with E-state index < -0.39 is 0 Å². The fraction of sp³-hybridized carbons (Fsp3) is 0.176. The number of aromatic nitrogens is 2. The van der Waals surface area contributed by atoms with Crippen molar-refractivity contribution in [3.05, 3.63) is 48.3 Å². The molecule has 0 atom stereocenters. The van der Waals surface area contributed by atoms with E-state index in [0.29, 0.717) is 0 Å². The Balaban J connectivity index is 2.39. The molecule has 0 bridgehead atoms. The molecule has 0 spiro atoms. The first kappa shape index (κ1) is 13.4. The fourth-order valence-corrected chi connectivity index (χ4v) is 2.51. The zero-order valence-electron chi connectivity index (χ0n) is 12.3. The Hall–Kier alpha value is -2.62. The van der Waals surface area contributed by atoms with Gasteiger partial charge in [0, 0.05) is 18.0 Å². The second-order valence-electron chi connectivity index (χ2n) is 4.72. The molecule has 1 aromatic heterocycles. The summed E-state index contributed by atoms with van der Waals surface area (Å²) in [4.78, 5) is 8.93. The van der Waals surface area contributed by atoms with E-state index in [1.165, 1.54) is 0 Å². The first-order valence-corrected chi connectivity index (χ1v) is 6.68. The molecule has 4 heteroatoms. The molecule has 0 amide bonds. The molecule has 3 aromatic rings. The lowest BCUT2D eigenvalue weighted by Crippen LogP contribution is -1.96. The number of methoxy groups -OCH3 is 2. The Labute approximate surface area is 123 Å². The fourth-order valence-electron chi connectivity index (χ4n) is 2.51. The van der Waals surface area contributed by atoms with Crippen molar-refractivity contribution in [2.75, 3.05) is 14.2 Å². The van der Waals surface area contributed by atoms with Crippen LogP contribution in [0.5, 0.6) is 11.5 Å². The summed E-state index contributed by atoms with van der Waals surface area (Å²) in [5.74, 6) is 1.51. The molecule has 0 saturated heterocycles. The molecule has 0 aliphatic heterocycles. The topological polar surface area (TPSA) is 44.2 Å². The van der Waals surface area contributed by atoms with E-state index in [4.69, 9.17) is 9.47 Å². The van der Waals surface area contributed by atoms with Crippen molar-refractivity contribution in [1.29, 1.82) is 0 Å². The van der Waals surface area contributed by atoms with Crippen molar-refractivity contribution < 1.29 is 9.47 Å². The van der Waals surface area contributed by atoms with Crippen LogP contribution in [-0.2, 0) is 0 Å². The summed E-state index contributed by atoms with van der Waals surface area (Å²) in [6.45, 7) is 2.03. The largest absolute Gasteiger partial charge is 0.496 e. The Kier molecular flexibility index (Phi) is 3.44. The van der Waals surface area contributed by atoms with E-state index in [1.54, 1.807) is 26.6 Å². The lowest BCUT2D eigenvalue weighted by atomic mass is 9.99. The van der Waals surface area contributed by atoms with Crippen molar-refractivity contribution in [3.63, 3.8) is 0 Å². The van der Waals surface area contributed by atoms with Crippen LogP contribution >= 0.6 is 0 Å². The van der Waals surface area contributed by atoms with Gasteiger partial charge in [-0.15, -0.1) is 0 Å². The monoisotopic (exact) mass is 280 g/mol. The number of fused-ring (bicyclic) bond motifs is 1. The van der Waals surface area contributed by atoms with Crippen LogP contribution in [0.2, 0.25) is 0 Å². The van der Waals surface area contributed by atoms with Gasteiger partial charge in [-0.25, -0.2) is 0 Å². The van der Waals surface area contributed by atoms with Gasteiger partial charge in [0.05, 0.1) is 30.8 Å². The van der Waals surface area contributed by atoms with E-state index in [-0.39, 0.29) is 0 Å². The number of hydrogen-bond acceptors (Lipinski definition) is 4. The summed E-state index contributed by atoms with van der Waals surface area (Å²) >= 11 is 0. The third-order valence-corrected chi connectivity index (χ3v) is 3.52. The van der Waals surface area contributed by atoms with Gasteiger partial charge in [-0.05, 0) is 24.6 Å². The lowest BCUT2D eigenvalue weighted by molar-refractivity contribution is 0.397. The SMILES string of the molecule is COc1cccc(OC)c1-c1ccc(C)c2nccnc12. The molecule has 106 valence electrons. The average molecular weight is 280 g/mol. The van der Waals surface area contributed by atoms with Crippen LogP contribution in [0.15, 0.2) is 42.7 Å². The highest BCUT2D eigenvalue weighted by Gasteiger charge is 2.16. The van der Waals surface area contributed by atoms with Crippen LogP contribution in [0, 0.1) is 6.92 Å². The summed E-state index contributed by atoms with van der Waals surface area (Å²) in [5.41, 5.74) is 4.69. The van der Waals surface area contributed by atoms with Crippen molar-refractivity contribution in [2.45, 2.75) is 6.92 Å². The van der Waals surface area contributed by atoms with Crippen LogP contribution < -0.4 is 9.47 Å². The minimum atomic E-state index is 0.755. The summed E-state index contributed by atoms with van der Waals surface area (Å²) < 4.78 is 11.0. The first-order valence-electron chi connectivity index (χ1n) is 6.68. The predicted octanol–water partition coefficient (Wildman–Crippen LogP) is 3.62. The number of nitrogens with zero attached hydrogens (tertiary/aromatic N) is 2. The van der Waals surface area contributed by atoms with Crippen molar-refractivity contribution in [2.24, 2.45) is 0 Å². The minimum absolute atomic E-state index is 0.755. The first-order chi connectivity index (χ1) is 10.3. The Bertz CT molecular complexity index is 778. The van der Waals surface area contributed by atoms with Gasteiger partial charge in [-0.1, -0.05) is 18.2 Å². The average Bonchev–Trinajstić information content (AvgIpc) is 2.55. The highest BCUT2D eigenvalue weighted by molar-refractivity contribution is 5.96. The number of hydrogen-bond donors (Lipinski definition) is 0. The number of rotatable bonds is 3. The molecule has 0 fully saturated rings. The van der Waals surface area contributed by atoms with Gasteiger partial charge >= 0.3 is 0 Å². The van der Waals surface area contributed by atoms with E-state index >= 15 is 0 Å². The maximum Gasteiger partial charge on any atom is 0.130 e. The van der Waals surface area contributed by atoms with E-state index in [2.05, 4.69) is 9.97 Å². The van der Waals surface area contributed by atoms with E-state index in [9.17, 15) is 0 Å². The predicted molar refractivity (Wildman–Crippen MR) is 82.8 cm³/mol. The zero-order valence-corrected chi connectivity index (χ0v) is 12.3. The van der Waals surface area contributed by atoms with Crippen LogP contribution in [0.4, 0.5) is 0 Å². The Morgan fingerprint density at radius 2 is 1.43 bits per heavy atom. The van der Waals surface area contributed by atoms with Gasteiger partial charge in [0.25, 0.3) is 0 Å². The molecule has 0 saturated carbocycles. The molecule has 1 heterocycles. The van der Waals surface area contributed by atoms with Crippen LogP contribution in [0.1, 0.15) is 5.56 Å². The van der Waals surface area contributed by atoms with Gasteiger partial charge in [-0.3, -0.25) is 9.97 Å². The standard InChI is InChI=1S/C17H16N2O2/c1-11-7-8-12(17-16(11)18-9-10-19-17)15-13(20-2)5-4-6-14(15)21-3/h4-10H,1-3H3. The third-order valence-electron chi connectivity index (χ3n) is 3.52. The van der Waals surface area contributed by atoms with Crippen LogP contribution in [0.3, 0.4) is 0 Å². The van der Waals surface area contributed by atoms with E-state index in [0.717, 1.165) is 39.2 Å². The highest BCUT2D eigenvalue weighted by Crippen LogP contribution is 2.41. The second kappa shape index (κ2) is 5.40.